The first kappa shape index (κ1) is 17.7. The summed E-state index contributed by atoms with van der Waals surface area (Å²) >= 11 is 0. The van der Waals surface area contributed by atoms with Crippen molar-refractivity contribution in [1.82, 2.24) is 15.1 Å². The summed E-state index contributed by atoms with van der Waals surface area (Å²) in [5.41, 5.74) is 2.40. The fraction of sp³-hybridized carbons (Fsp3) is 0.353. The van der Waals surface area contributed by atoms with Crippen molar-refractivity contribution >= 4 is 11.9 Å². The van der Waals surface area contributed by atoms with Crippen molar-refractivity contribution in [3.05, 3.63) is 53.1 Å². The monoisotopic (exact) mass is 333 g/mol. The number of hydrogen-bond donors (Lipinski definition) is 2. The molecule has 2 aromatic rings. The average molecular weight is 333 g/mol. The Morgan fingerprint density at radius 3 is 2.54 bits per heavy atom. The number of benzene rings is 1. The normalized spacial score (nSPS) is 12.0. The molecule has 0 fully saturated rings. The molecule has 128 valence electrons. The van der Waals surface area contributed by atoms with Crippen LogP contribution < -0.4 is 5.32 Å². The number of carbonyl (C=O) groups excluding carboxylic acids is 1. The van der Waals surface area contributed by atoms with Crippen LogP contribution in [0.5, 0.6) is 0 Å². The fourth-order valence-corrected chi connectivity index (χ4v) is 2.53. The van der Waals surface area contributed by atoms with E-state index >= 15 is 0 Å². The Labute approximate surface area is 139 Å². The minimum absolute atomic E-state index is 0.226. The lowest BCUT2D eigenvalue weighted by molar-refractivity contribution is -0.137. The largest absolute Gasteiger partial charge is 0.481 e. The second-order valence-corrected chi connectivity index (χ2v) is 5.68. The number of hydrogen-bond acceptors (Lipinski definition) is 3. The summed E-state index contributed by atoms with van der Waals surface area (Å²) in [5.74, 6) is -1.70. The lowest BCUT2D eigenvalue weighted by Crippen LogP contribution is -2.30. The van der Waals surface area contributed by atoms with E-state index in [4.69, 9.17) is 5.11 Å². The van der Waals surface area contributed by atoms with Crippen LogP contribution in [0.1, 0.15) is 35.7 Å². The highest BCUT2D eigenvalue weighted by Crippen LogP contribution is 2.18. The van der Waals surface area contributed by atoms with E-state index in [0.29, 0.717) is 12.0 Å². The van der Waals surface area contributed by atoms with Crippen LogP contribution in [0.15, 0.2) is 30.5 Å². The Morgan fingerprint density at radius 2 is 2.00 bits per heavy atom. The van der Waals surface area contributed by atoms with E-state index in [0.717, 1.165) is 11.3 Å². The third kappa shape index (κ3) is 4.91. The molecule has 0 saturated carbocycles. The van der Waals surface area contributed by atoms with Crippen LogP contribution in [0.4, 0.5) is 4.39 Å². The smallest absolute Gasteiger partial charge is 0.305 e. The van der Waals surface area contributed by atoms with E-state index in [2.05, 4.69) is 10.4 Å². The third-order valence-corrected chi connectivity index (χ3v) is 3.72. The zero-order valence-electron chi connectivity index (χ0n) is 13.6. The number of carbonyl (C=O) groups is 2. The molecule has 1 amide bonds. The first-order valence-electron chi connectivity index (χ1n) is 7.61. The Balaban J connectivity index is 2.00. The molecule has 0 saturated heterocycles. The van der Waals surface area contributed by atoms with Crippen LogP contribution in [-0.2, 0) is 23.1 Å². The number of carboxylic acids is 1. The third-order valence-electron chi connectivity index (χ3n) is 3.72. The summed E-state index contributed by atoms with van der Waals surface area (Å²) in [7, 11) is 1.81. The number of halogens is 1. The maximum absolute atomic E-state index is 13.0. The minimum atomic E-state index is -1.03. The average Bonchev–Trinajstić information content (AvgIpc) is 2.82. The number of aromatic nitrogens is 2. The van der Waals surface area contributed by atoms with E-state index in [-0.39, 0.29) is 18.7 Å². The second kappa shape index (κ2) is 7.72. The van der Waals surface area contributed by atoms with Crippen LogP contribution in [0.3, 0.4) is 0 Å². The molecule has 2 rings (SSSR count). The minimum Gasteiger partial charge on any atom is -0.481 e. The van der Waals surface area contributed by atoms with Gasteiger partial charge in [-0.3, -0.25) is 14.3 Å². The molecular weight excluding hydrogens is 313 g/mol. The number of aryl methyl sites for hydroxylation is 3. The number of rotatable bonds is 7. The predicted octanol–water partition coefficient (Wildman–Crippen LogP) is 2.13. The molecule has 6 nitrogen and oxygen atoms in total. The van der Waals surface area contributed by atoms with Crippen LogP contribution in [0.25, 0.3) is 0 Å². The summed E-state index contributed by atoms with van der Waals surface area (Å²) in [6.45, 7) is 1.87. The van der Waals surface area contributed by atoms with E-state index in [1.807, 2.05) is 20.2 Å². The van der Waals surface area contributed by atoms with Crippen molar-refractivity contribution in [3.8, 4) is 0 Å². The Hall–Kier alpha value is -2.70. The number of nitrogens with one attached hydrogen (secondary N) is 1. The first-order valence-corrected chi connectivity index (χ1v) is 7.61. The number of amides is 1. The highest BCUT2D eigenvalue weighted by atomic mass is 19.1. The van der Waals surface area contributed by atoms with Gasteiger partial charge in [0.25, 0.3) is 0 Å². The standard InChI is InChI=1S/C17H20FN3O3/c1-11-13(10-21(2)20-11)5-8-16(22)19-15(9-17(23)24)12-3-6-14(18)7-4-12/h3-4,6-7,10,15H,5,8-9H2,1-2H3,(H,19,22)(H,23,24)/t15-/m0/s1. The molecule has 0 radical (unpaired) electrons. The lowest BCUT2D eigenvalue weighted by atomic mass is 10.0. The summed E-state index contributed by atoms with van der Waals surface area (Å²) in [6.07, 6.45) is 2.35. The molecule has 24 heavy (non-hydrogen) atoms. The van der Waals surface area contributed by atoms with Gasteiger partial charge in [-0.1, -0.05) is 12.1 Å². The summed E-state index contributed by atoms with van der Waals surface area (Å²) in [5, 5.41) is 16.0. The highest BCUT2D eigenvalue weighted by Gasteiger charge is 2.18. The van der Waals surface area contributed by atoms with E-state index in [1.165, 1.54) is 24.3 Å². The Morgan fingerprint density at radius 1 is 1.33 bits per heavy atom. The molecule has 2 N–H and O–H groups in total. The van der Waals surface area contributed by atoms with Crippen molar-refractivity contribution in [2.24, 2.45) is 7.05 Å². The molecule has 0 aliphatic carbocycles. The van der Waals surface area contributed by atoms with Gasteiger partial charge in [-0.2, -0.15) is 5.10 Å². The van der Waals surface area contributed by atoms with Gasteiger partial charge in [0.2, 0.25) is 5.91 Å². The van der Waals surface area contributed by atoms with Gasteiger partial charge in [-0.25, -0.2) is 4.39 Å². The van der Waals surface area contributed by atoms with Crippen molar-refractivity contribution in [2.75, 3.05) is 0 Å². The Bertz CT molecular complexity index is 725. The molecule has 0 unspecified atom stereocenters. The molecule has 0 spiro atoms. The maximum Gasteiger partial charge on any atom is 0.305 e. The van der Waals surface area contributed by atoms with Gasteiger partial charge in [0, 0.05) is 19.7 Å². The Kier molecular flexibility index (Phi) is 5.68. The van der Waals surface area contributed by atoms with E-state index in [1.54, 1.807) is 4.68 Å². The van der Waals surface area contributed by atoms with Crippen LogP contribution >= 0.6 is 0 Å². The molecule has 1 aromatic carbocycles. The molecule has 0 aliphatic heterocycles. The van der Waals surface area contributed by atoms with E-state index < -0.39 is 17.8 Å². The summed E-state index contributed by atoms with van der Waals surface area (Å²) < 4.78 is 14.7. The molecule has 0 aliphatic rings. The topological polar surface area (TPSA) is 84.2 Å². The number of nitrogens with zero attached hydrogens (tertiary/aromatic N) is 2. The SMILES string of the molecule is Cc1nn(C)cc1CCC(=O)N[C@@H](CC(=O)O)c1ccc(F)cc1. The lowest BCUT2D eigenvalue weighted by Gasteiger charge is -2.17. The second-order valence-electron chi connectivity index (χ2n) is 5.68. The van der Waals surface area contributed by atoms with Crippen molar-refractivity contribution in [3.63, 3.8) is 0 Å². The van der Waals surface area contributed by atoms with Crippen LogP contribution in [-0.4, -0.2) is 26.8 Å². The molecule has 0 bridgehead atoms. The van der Waals surface area contributed by atoms with Gasteiger partial charge in [-0.05, 0) is 36.6 Å². The van der Waals surface area contributed by atoms with Crippen molar-refractivity contribution in [1.29, 1.82) is 0 Å². The zero-order chi connectivity index (χ0) is 17.7. The van der Waals surface area contributed by atoms with Crippen molar-refractivity contribution in [2.45, 2.75) is 32.2 Å². The maximum atomic E-state index is 13.0. The fourth-order valence-electron chi connectivity index (χ4n) is 2.53. The molecular formula is C17H20FN3O3. The summed E-state index contributed by atoms with van der Waals surface area (Å²) in [4.78, 5) is 23.2. The number of aliphatic carboxylic acids is 1. The first-order chi connectivity index (χ1) is 11.3. The van der Waals surface area contributed by atoms with Crippen LogP contribution in [0.2, 0.25) is 0 Å². The quantitative estimate of drug-likeness (QED) is 0.813. The van der Waals surface area contributed by atoms with Gasteiger partial charge in [0.05, 0.1) is 18.2 Å². The molecule has 1 atom stereocenters. The van der Waals surface area contributed by atoms with Gasteiger partial charge in [0.1, 0.15) is 5.82 Å². The van der Waals surface area contributed by atoms with Gasteiger partial charge < -0.3 is 10.4 Å². The number of carboxylic acid groups (broad SMARTS) is 1. The van der Waals surface area contributed by atoms with Gasteiger partial charge in [-0.15, -0.1) is 0 Å². The van der Waals surface area contributed by atoms with Crippen LogP contribution in [0, 0.1) is 12.7 Å². The predicted molar refractivity (Wildman–Crippen MR) is 85.8 cm³/mol. The highest BCUT2D eigenvalue weighted by molar-refractivity contribution is 5.78. The van der Waals surface area contributed by atoms with Gasteiger partial charge in [0.15, 0.2) is 0 Å². The zero-order valence-corrected chi connectivity index (χ0v) is 13.6. The van der Waals surface area contributed by atoms with E-state index in [9.17, 15) is 14.0 Å². The summed E-state index contributed by atoms with van der Waals surface area (Å²) in [6, 6.07) is 4.76. The van der Waals surface area contributed by atoms with Crippen molar-refractivity contribution < 1.29 is 19.1 Å². The molecule has 7 heteroatoms. The van der Waals surface area contributed by atoms with Gasteiger partial charge >= 0.3 is 5.97 Å². The molecule has 1 aromatic heterocycles. The molecule has 1 heterocycles.